The van der Waals surface area contributed by atoms with Gasteiger partial charge in [-0.15, -0.1) is 10.2 Å². The maximum atomic E-state index is 8.63. The van der Waals surface area contributed by atoms with Crippen LogP contribution < -0.4 is 0 Å². The topological polar surface area (TPSA) is 67.6 Å². The summed E-state index contributed by atoms with van der Waals surface area (Å²) in [7, 11) is 0. The molecular formula is C19H20N4OS. The van der Waals surface area contributed by atoms with Gasteiger partial charge in [0.2, 0.25) is 0 Å². The minimum Gasteiger partial charge on any atom is -0.469 e. The van der Waals surface area contributed by atoms with E-state index < -0.39 is 0 Å². The van der Waals surface area contributed by atoms with Gasteiger partial charge in [-0.05, 0) is 31.4 Å². The Labute approximate surface area is 151 Å². The smallest absolute Gasteiger partial charge is 0.191 e. The number of nitrogens with zero attached hydrogens (tertiary/aromatic N) is 4. The fourth-order valence-electron chi connectivity index (χ4n) is 2.59. The molecule has 2 aromatic heterocycles. The number of hydrogen-bond acceptors (Lipinski definition) is 5. The highest BCUT2D eigenvalue weighted by atomic mass is 32.2. The minimum atomic E-state index is 0.608. The van der Waals surface area contributed by atoms with Crippen LogP contribution in [0.4, 0.5) is 0 Å². The van der Waals surface area contributed by atoms with E-state index in [1.807, 2.05) is 31.2 Å². The highest BCUT2D eigenvalue weighted by Crippen LogP contribution is 2.28. The Hall–Kier alpha value is -2.52. The predicted molar refractivity (Wildman–Crippen MR) is 98.2 cm³/mol. The third-order valence-corrected chi connectivity index (χ3v) is 4.97. The minimum absolute atomic E-state index is 0.608. The number of furan rings is 1. The van der Waals surface area contributed by atoms with Gasteiger partial charge in [0.05, 0.1) is 24.4 Å². The molecule has 0 radical (unpaired) electrons. The van der Waals surface area contributed by atoms with E-state index in [4.69, 9.17) is 9.68 Å². The van der Waals surface area contributed by atoms with Crippen molar-refractivity contribution < 1.29 is 4.42 Å². The van der Waals surface area contributed by atoms with Crippen LogP contribution in [0.25, 0.3) is 11.4 Å². The molecule has 3 rings (SSSR count). The molecule has 0 atom stereocenters. The van der Waals surface area contributed by atoms with E-state index in [1.165, 1.54) is 5.56 Å². The molecule has 0 saturated heterocycles. The molecule has 2 heterocycles. The molecule has 3 aromatic rings. The lowest BCUT2D eigenvalue weighted by Gasteiger charge is -2.10. The van der Waals surface area contributed by atoms with Crippen molar-refractivity contribution in [1.82, 2.24) is 14.8 Å². The first-order valence-corrected chi connectivity index (χ1v) is 9.29. The van der Waals surface area contributed by atoms with Crippen LogP contribution in [0.5, 0.6) is 0 Å². The predicted octanol–water partition coefficient (Wildman–Crippen LogP) is 4.68. The summed E-state index contributed by atoms with van der Waals surface area (Å²) in [5.74, 6) is 2.60. The van der Waals surface area contributed by atoms with Crippen molar-refractivity contribution in [3.05, 3.63) is 54.0 Å². The quantitative estimate of drug-likeness (QED) is 0.435. The van der Waals surface area contributed by atoms with Crippen LogP contribution >= 0.6 is 11.8 Å². The molecule has 128 valence electrons. The van der Waals surface area contributed by atoms with Crippen molar-refractivity contribution >= 4 is 11.8 Å². The molecule has 25 heavy (non-hydrogen) atoms. The number of hydrogen-bond donors (Lipinski definition) is 0. The van der Waals surface area contributed by atoms with E-state index in [-0.39, 0.29) is 0 Å². The SMILES string of the molecule is Cc1occc1-c1nnc(SCCCCC#N)n1Cc1ccccc1. The van der Waals surface area contributed by atoms with Crippen molar-refractivity contribution in [1.29, 1.82) is 5.26 Å². The zero-order chi connectivity index (χ0) is 17.5. The molecule has 0 unspecified atom stereocenters. The van der Waals surface area contributed by atoms with Gasteiger partial charge in [-0.2, -0.15) is 5.26 Å². The standard InChI is InChI=1S/C19H20N4OS/c1-15-17(10-12-24-15)18-21-22-19(25-13-7-3-6-11-20)23(18)14-16-8-4-2-5-9-16/h2,4-5,8-10,12H,3,6-7,13-14H2,1H3. The molecule has 0 fully saturated rings. The summed E-state index contributed by atoms with van der Waals surface area (Å²) in [6.07, 6.45) is 4.21. The average molecular weight is 352 g/mol. The molecule has 0 aliphatic heterocycles. The van der Waals surface area contributed by atoms with Gasteiger partial charge >= 0.3 is 0 Å². The molecule has 0 aliphatic carbocycles. The molecule has 6 heteroatoms. The first-order chi connectivity index (χ1) is 12.3. The van der Waals surface area contributed by atoms with E-state index in [0.29, 0.717) is 13.0 Å². The van der Waals surface area contributed by atoms with Crippen molar-refractivity contribution in [3.8, 4) is 17.5 Å². The van der Waals surface area contributed by atoms with Gasteiger partial charge in [0, 0.05) is 12.2 Å². The Bertz CT molecular complexity index is 848. The molecule has 0 bridgehead atoms. The summed E-state index contributed by atoms with van der Waals surface area (Å²) in [6.45, 7) is 2.65. The summed E-state index contributed by atoms with van der Waals surface area (Å²) in [5, 5.41) is 18.3. The molecule has 0 saturated carbocycles. The fourth-order valence-corrected chi connectivity index (χ4v) is 3.53. The lowest BCUT2D eigenvalue weighted by molar-refractivity contribution is 0.534. The summed E-state index contributed by atoms with van der Waals surface area (Å²) >= 11 is 1.69. The van der Waals surface area contributed by atoms with E-state index in [9.17, 15) is 0 Å². The Morgan fingerprint density at radius 3 is 2.72 bits per heavy atom. The normalized spacial score (nSPS) is 10.7. The van der Waals surface area contributed by atoms with Crippen LogP contribution in [0.1, 0.15) is 30.6 Å². The number of thioether (sulfide) groups is 1. The number of benzene rings is 1. The largest absolute Gasteiger partial charge is 0.469 e. The van der Waals surface area contributed by atoms with Crippen molar-refractivity contribution in [2.75, 3.05) is 5.75 Å². The lowest BCUT2D eigenvalue weighted by Crippen LogP contribution is -2.04. The van der Waals surface area contributed by atoms with Crippen LogP contribution in [0.2, 0.25) is 0 Å². The molecule has 0 amide bonds. The molecule has 0 spiro atoms. The zero-order valence-electron chi connectivity index (χ0n) is 14.2. The number of aryl methyl sites for hydroxylation is 1. The Kier molecular flexibility index (Phi) is 5.91. The van der Waals surface area contributed by atoms with E-state index >= 15 is 0 Å². The van der Waals surface area contributed by atoms with Crippen molar-refractivity contribution in [3.63, 3.8) is 0 Å². The van der Waals surface area contributed by atoms with Crippen LogP contribution in [0.3, 0.4) is 0 Å². The zero-order valence-corrected chi connectivity index (χ0v) is 15.0. The van der Waals surface area contributed by atoms with Crippen LogP contribution in [-0.2, 0) is 6.54 Å². The summed E-state index contributed by atoms with van der Waals surface area (Å²) in [6, 6.07) is 14.4. The van der Waals surface area contributed by atoms with Crippen LogP contribution in [0, 0.1) is 18.3 Å². The average Bonchev–Trinajstić information content (AvgIpc) is 3.22. The van der Waals surface area contributed by atoms with E-state index in [0.717, 1.165) is 40.9 Å². The Morgan fingerprint density at radius 1 is 1.16 bits per heavy atom. The van der Waals surface area contributed by atoms with E-state index in [2.05, 4.69) is 33.0 Å². The second-order valence-corrected chi connectivity index (χ2v) is 6.79. The molecule has 5 nitrogen and oxygen atoms in total. The third kappa shape index (κ3) is 4.31. The highest BCUT2D eigenvalue weighted by Gasteiger charge is 2.17. The first kappa shape index (κ1) is 17.3. The molecule has 1 aromatic carbocycles. The van der Waals surface area contributed by atoms with Gasteiger partial charge in [0.1, 0.15) is 5.76 Å². The molecule has 0 N–H and O–H groups in total. The highest BCUT2D eigenvalue weighted by molar-refractivity contribution is 7.99. The Balaban J connectivity index is 1.83. The first-order valence-electron chi connectivity index (χ1n) is 8.31. The summed E-state index contributed by atoms with van der Waals surface area (Å²) < 4.78 is 7.58. The number of nitriles is 1. The molecule has 0 aliphatic rings. The van der Waals surface area contributed by atoms with Gasteiger partial charge < -0.3 is 4.42 Å². The van der Waals surface area contributed by atoms with Crippen molar-refractivity contribution in [2.24, 2.45) is 0 Å². The van der Waals surface area contributed by atoms with Gasteiger partial charge in [0.25, 0.3) is 0 Å². The summed E-state index contributed by atoms with van der Waals surface area (Å²) in [5.41, 5.74) is 2.18. The number of unbranched alkanes of at least 4 members (excludes halogenated alkanes) is 2. The van der Waals surface area contributed by atoms with Crippen LogP contribution in [0.15, 0.2) is 52.2 Å². The van der Waals surface area contributed by atoms with E-state index in [1.54, 1.807) is 18.0 Å². The van der Waals surface area contributed by atoms with Gasteiger partial charge in [-0.3, -0.25) is 4.57 Å². The van der Waals surface area contributed by atoms with Gasteiger partial charge in [0.15, 0.2) is 11.0 Å². The van der Waals surface area contributed by atoms with Crippen molar-refractivity contribution in [2.45, 2.75) is 37.9 Å². The maximum Gasteiger partial charge on any atom is 0.191 e. The number of aromatic nitrogens is 3. The van der Waals surface area contributed by atoms with Gasteiger partial charge in [-0.1, -0.05) is 42.1 Å². The second kappa shape index (κ2) is 8.54. The third-order valence-electron chi connectivity index (χ3n) is 3.91. The second-order valence-electron chi connectivity index (χ2n) is 5.73. The maximum absolute atomic E-state index is 8.63. The Morgan fingerprint density at radius 2 is 2.00 bits per heavy atom. The summed E-state index contributed by atoms with van der Waals surface area (Å²) in [4.78, 5) is 0. The monoisotopic (exact) mass is 352 g/mol. The van der Waals surface area contributed by atoms with Crippen LogP contribution in [-0.4, -0.2) is 20.5 Å². The lowest BCUT2D eigenvalue weighted by atomic mass is 10.2. The molecular weight excluding hydrogens is 332 g/mol. The van der Waals surface area contributed by atoms with Gasteiger partial charge in [-0.25, -0.2) is 0 Å². The number of rotatable bonds is 8. The fraction of sp³-hybridized carbons (Fsp3) is 0.316.